The molecule has 128 valence electrons. The summed E-state index contributed by atoms with van der Waals surface area (Å²) in [7, 11) is 0. The van der Waals surface area contributed by atoms with Crippen molar-refractivity contribution in [3.05, 3.63) is 16.8 Å². The highest BCUT2D eigenvalue weighted by atomic mass is 19.4. The molecule has 0 aliphatic carbocycles. The van der Waals surface area contributed by atoms with Crippen LogP contribution >= 0.6 is 0 Å². The number of aromatic nitrogens is 2. The molecule has 10 heteroatoms. The van der Waals surface area contributed by atoms with Crippen LogP contribution in [0.3, 0.4) is 0 Å². The van der Waals surface area contributed by atoms with Gasteiger partial charge in [0.1, 0.15) is 0 Å². The molecule has 0 atom stereocenters. The number of rotatable bonds is 2. The number of amides is 1. The molecular weight excluding hydrogens is 323 g/mol. The van der Waals surface area contributed by atoms with Crippen molar-refractivity contribution in [3.63, 3.8) is 0 Å². The van der Waals surface area contributed by atoms with Crippen LogP contribution in [-0.2, 0) is 6.18 Å². The van der Waals surface area contributed by atoms with Crippen LogP contribution in [0.15, 0.2) is 0 Å². The number of anilines is 1. The van der Waals surface area contributed by atoms with E-state index in [4.69, 9.17) is 5.73 Å². The third kappa shape index (κ3) is 3.67. The molecule has 1 aromatic heterocycles. The lowest BCUT2D eigenvalue weighted by molar-refractivity contribution is -0.142. The standard InChI is InChI=1S/C13H15F5N4O/c1-7-8(10(19)23)11(21-20-9(7)13(16,17)18)22-5-2-3-12(14,15)4-6-22/h2-6H2,1H3,(H2,19,23). The predicted molar refractivity (Wildman–Crippen MR) is 71.3 cm³/mol. The van der Waals surface area contributed by atoms with E-state index >= 15 is 0 Å². The van der Waals surface area contributed by atoms with Gasteiger partial charge >= 0.3 is 6.18 Å². The van der Waals surface area contributed by atoms with Crippen molar-refractivity contribution in [1.29, 1.82) is 0 Å². The number of carbonyl (C=O) groups excluding carboxylic acids is 1. The van der Waals surface area contributed by atoms with Gasteiger partial charge in [0.2, 0.25) is 5.92 Å². The lowest BCUT2D eigenvalue weighted by atomic mass is 10.1. The first kappa shape index (κ1) is 17.4. The van der Waals surface area contributed by atoms with Gasteiger partial charge in [0.25, 0.3) is 5.91 Å². The van der Waals surface area contributed by atoms with Gasteiger partial charge in [0, 0.05) is 25.9 Å². The molecule has 2 rings (SSSR count). The van der Waals surface area contributed by atoms with Crippen molar-refractivity contribution in [3.8, 4) is 0 Å². The van der Waals surface area contributed by atoms with Gasteiger partial charge in [-0.15, -0.1) is 10.2 Å². The predicted octanol–water partition coefficient (Wildman–Crippen LogP) is 2.53. The lowest BCUT2D eigenvalue weighted by Gasteiger charge is -2.24. The molecule has 1 fully saturated rings. The molecule has 0 radical (unpaired) electrons. The molecule has 0 spiro atoms. The molecule has 1 aromatic rings. The minimum Gasteiger partial charge on any atom is -0.365 e. The number of alkyl halides is 5. The maximum absolute atomic E-state index is 13.4. The Hall–Kier alpha value is -2.00. The van der Waals surface area contributed by atoms with Gasteiger partial charge in [-0.3, -0.25) is 4.79 Å². The van der Waals surface area contributed by atoms with E-state index in [1.165, 1.54) is 4.90 Å². The SMILES string of the molecule is Cc1c(C(F)(F)F)nnc(N2CCCC(F)(F)CC2)c1C(N)=O. The van der Waals surface area contributed by atoms with Crippen molar-refractivity contribution in [2.24, 2.45) is 5.73 Å². The highest BCUT2D eigenvalue weighted by Gasteiger charge is 2.39. The molecule has 0 unspecified atom stereocenters. The molecule has 1 aliphatic rings. The number of carbonyl (C=O) groups is 1. The van der Waals surface area contributed by atoms with Crippen molar-refractivity contribution >= 4 is 11.7 Å². The van der Waals surface area contributed by atoms with Crippen LogP contribution in [0, 0.1) is 6.92 Å². The minimum absolute atomic E-state index is 0.118. The van der Waals surface area contributed by atoms with Crippen LogP contribution in [0.4, 0.5) is 27.8 Å². The zero-order valence-corrected chi connectivity index (χ0v) is 12.3. The molecule has 23 heavy (non-hydrogen) atoms. The van der Waals surface area contributed by atoms with E-state index in [0.29, 0.717) is 0 Å². The van der Waals surface area contributed by atoms with Crippen molar-refractivity contribution in [2.45, 2.75) is 38.3 Å². The van der Waals surface area contributed by atoms with E-state index < -0.39 is 41.2 Å². The summed E-state index contributed by atoms with van der Waals surface area (Å²) in [5, 5.41) is 6.57. The number of halogens is 5. The Bertz CT molecular complexity index is 617. The molecular formula is C13H15F5N4O. The summed E-state index contributed by atoms with van der Waals surface area (Å²) in [4.78, 5) is 12.9. The number of nitrogens with two attached hydrogens (primary N) is 1. The highest BCUT2D eigenvalue weighted by molar-refractivity contribution is 5.99. The van der Waals surface area contributed by atoms with Crippen molar-refractivity contribution < 1.29 is 26.7 Å². The first-order chi connectivity index (χ1) is 10.5. The second-order valence-corrected chi connectivity index (χ2v) is 5.43. The molecule has 5 nitrogen and oxygen atoms in total. The van der Waals surface area contributed by atoms with Gasteiger partial charge in [-0.2, -0.15) is 13.2 Å². The third-order valence-electron chi connectivity index (χ3n) is 3.73. The Morgan fingerprint density at radius 2 is 1.87 bits per heavy atom. The molecule has 1 saturated heterocycles. The number of primary amides is 1. The van der Waals surface area contributed by atoms with E-state index in [1.807, 2.05) is 0 Å². The summed E-state index contributed by atoms with van der Waals surface area (Å²) in [6.07, 6.45) is -5.48. The van der Waals surface area contributed by atoms with Crippen molar-refractivity contribution in [2.75, 3.05) is 18.0 Å². The van der Waals surface area contributed by atoms with Gasteiger partial charge in [0.15, 0.2) is 11.5 Å². The molecule has 1 aliphatic heterocycles. The number of hydrogen-bond acceptors (Lipinski definition) is 4. The zero-order valence-electron chi connectivity index (χ0n) is 12.3. The molecule has 2 heterocycles. The number of hydrogen-bond donors (Lipinski definition) is 1. The fraction of sp³-hybridized carbons (Fsp3) is 0.615. The quantitative estimate of drug-likeness (QED) is 0.841. The third-order valence-corrected chi connectivity index (χ3v) is 3.73. The molecule has 1 amide bonds. The largest absolute Gasteiger partial charge is 0.435 e. The summed E-state index contributed by atoms with van der Waals surface area (Å²) < 4.78 is 65.4. The average molecular weight is 338 g/mol. The summed E-state index contributed by atoms with van der Waals surface area (Å²) in [5.74, 6) is -4.13. The van der Waals surface area contributed by atoms with Crippen LogP contribution in [0.2, 0.25) is 0 Å². The fourth-order valence-corrected chi connectivity index (χ4v) is 2.57. The molecule has 2 N–H and O–H groups in total. The maximum Gasteiger partial charge on any atom is 0.435 e. The minimum atomic E-state index is -4.79. The highest BCUT2D eigenvalue weighted by Crippen LogP contribution is 2.35. The Kier molecular flexibility index (Phi) is 4.45. The monoisotopic (exact) mass is 338 g/mol. The van der Waals surface area contributed by atoms with E-state index in [-0.39, 0.29) is 31.7 Å². The Morgan fingerprint density at radius 1 is 1.22 bits per heavy atom. The van der Waals surface area contributed by atoms with Crippen LogP contribution in [0.25, 0.3) is 0 Å². The van der Waals surface area contributed by atoms with E-state index in [9.17, 15) is 26.7 Å². The maximum atomic E-state index is 13.4. The summed E-state index contributed by atoms with van der Waals surface area (Å²) >= 11 is 0. The van der Waals surface area contributed by atoms with Gasteiger partial charge in [0.05, 0.1) is 5.56 Å². The molecule has 0 aromatic carbocycles. The lowest BCUT2D eigenvalue weighted by Crippen LogP contribution is -2.31. The van der Waals surface area contributed by atoms with E-state index in [0.717, 1.165) is 6.92 Å². The normalized spacial score (nSPS) is 18.6. The summed E-state index contributed by atoms with van der Waals surface area (Å²) in [5.41, 5.74) is 2.98. The first-order valence-electron chi connectivity index (χ1n) is 6.90. The first-order valence-corrected chi connectivity index (χ1v) is 6.90. The van der Waals surface area contributed by atoms with Crippen LogP contribution in [0.5, 0.6) is 0 Å². The fourth-order valence-electron chi connectivity index (χ4n) is 2.57. The van der Waals surface area contributed by atoms with E-state index in [1.54, 1.807) is 0 Å². The second-order valence-electron chi connectivity index (χ2n) is 5.43. The van der Waals surface area contributed by atoms with Crippen LogP contribution < -0.4 is 10.6 Å². The topological polar surface area (TPSA) is 72.1 Å². The van der Waals surface area contributed by atoms with Crippen LogP contribution in [0.1, 0.15) is 40.9 Å². The average Bonchev–Trinajstić information content (AvgIpc) is 2.57. The molecule has 0 saturated carbocycles. The number of nitrogens with zero attached hydrogens (tertiary/aromatic N) is 3. The molecule has 0 bridgehead atoms. The van der Waals surface area contributed by atoms with Gasteiger partial charge in [-0.05, 0) is 18.9 Å². The van der Waals surface area contributed by atoms with Gasteiger partial charge in [-0.25, -0.2) is 8.78 Å². The Labute approximate surface area is 128 Å². The smallest absolute Gasteiger partial charge is 0.365 e. The van der Waals surface area contributed by atoms with Gasteiger partial charge in [-0.1, -0.05) is 0 Å². The zero-order chi connectivity index (χ0) is 17.4. The van der Waals surface area contributed by atoms with Crippen molar-refractivity contribution in [1.82, 2.24) is 10.2 Å². The second kappa shape index (κ2) is 5.89. The summed E-state index contributed by atoms with van der Waals surface area (Å²) in [6, 6.07) is 0. The van der Waals surface area contributed by atoms with Crippen LogP contribution in [-0.4, -0.2) is 35.1 Å². The van der Waals surface area contributed by atoms with Gasteiger partial charge < -0.3 is 10.6 Å². The Balaban J connectivity index is 2.47. The van der Waals surface area contributed by atoms with E-state index in [2.05, 4.69) is 10.2 Å². The summed E-state index contributed by atoms with van der Waals surface area (Å²) in [6.45, 7) is 1.05. The Morgan fingerprint density at radius 3 is 2.43 bits per heavy atom.